The van der Waals surface area contributed by atoms with Gasteiger partial charge < -0.3 is 15.4 Å². The third-order valence-corrected chi connectivity index (χ3v) is 3.77. The van der Waals surface area contributed by atoms with Crippen molar-refractivity contribution < 1.29 is 14.3 Å². The van der Waals surface area contributed by atoms with E-state index >= 15 is 0 Å². The van der Waals surface area contributed by atoms with Crippen LogP contribution in [0.15, 0.2) is 48.5 Å². The van der Waals surface area contributed by atoms with Crippen LogP contribution in [0.5, 0.6) is 5.75 Å². The molecule has 0 radical (unpaired) electrons. The summed E-state index contributed by atoms with van der Waals surface area (Å²) in [6.07, 6.45) is 0.195. The van der Waals surface area contributed by atoms with Crippen molar-refractivity contribution in [3.63, 3.8) is 0 Å². The molecule has 0 saturated heterocycles. The monoisotopic (exact) mass is 346 g/mol. The highest BCUT2D eigenvalue weighted by molar-refractivity contribution is 6.31. The van der Waals surface area contributed by atoms with Crippen LogP contribution in [0.3, 0.4) is 0 Å². The van der Waals surface area contributed by atoms with Crippen molar-refractivity contribution in [2.75, 3.05) is 13.7 Å². The average molecular weight is 347 g/mol. The molecule has 2 rings (SSSR count). The summed E-state index contributed by atoms with van der Waals surface area (Å²) in [5, 5.41) is 6.10. The van der Waals surface area contributed by atoms with Crippen molar-refractivity contribution in [2.45, 2.75) is 13.0 Å². The summed E-state index contributed by atoms with van der Waals surface area (Å²) in [6, 6.07) is 14.2. The van der Waals surface area contributed by atoms with Crippen molar-refractivity contribution in [1.82, 2.24) is 10.6 Å². The molecule has 0 unspecified atom stereocenters. The number of hydrogen-bond donors (Lipinski definition) is 2. The molecule has 0 atom stereocenters. The molecule has 0 spiro atoms. The zero-order valence-electron chi connectivity index (χ0n) is 13.3. The number of hydrogen-bond acceptors (Lipinski definition) is 3. The first kappa shape index (κ1) is 17.8. The van der Waals surface area contributed by atoms with Gasteiger partial charge in [0.15, 0.2) is 0 Å². The molecule has 2 aromatic carbocycles. The van der Waals surface area contributed by atoms with E-state index < -0.39 is 0 Å². The van der Waals surface area contributed by atoms with E-state index in [2.05, 4.69) is 10.6 Å². The number of methoxy groups -OCH3 is 1. The van der Waals surface area contributed by atoms with Crippen LogP contribution in [-0.4, -0.2) is 25.5 Å². The first-order valence-electron chi connectivity index (χ1n) is 7.52. The van der Waals surface area contributed by atoms with Gasteiger partial charge in [-0.05, 0) is 29.8 Å². The van der Waals surface area contributed by atoms with Gasteiger partial charge in [0, 0.05) is 30.1 Å². The van der Waals surface area contributed by atoms with Gasteiger partial charge >= 0.3 is 0 Å². The minimum absolute atomic E-state index is 0.152. The standard InChI is InChI=1S/C18H19ClN2O3/c1-24-15-7-4-6-13(11-15)18(23)20-10-9-17(22)21-12-14-5-2-3-8-16(14)19/h2-8,11H,9-10,12H2,1H3,(H,20,23)(H,21,22). The molecule has 6 heteroatoms. The molecular weight excluding hydrogens is 328 g/mol. The summed E-state index contributed by atoms with van der Waals surface area (Å²) < 4.78 is 5.08. The maximum Gasteiger partial charge on any atom is 0.251 e. The van der Waals surface area contributed by atoms with Crippen molar-refractivity contribution in [1.29, 1.82) is 0 Å². The van der Waals surface area contributed by atoms with Crippen LogP contribution in [0.2, 0.25) is 5.02 Å². The van der Waals surface area contributed by atoms with E-state index in [0.717, 1.165) is 5.56 Å². The molecule has 2 amide bonds. The zero-order valence-corrected chi connectivity index (χ0v) is 14.1. The third-order valence-electron chi connectivity index (χ3n) is 3.40. The van der Waals surface area contributed by atoms with E-state index in [1.165, 1.54) is 0 Å². The van der Waals surface area contributed by atoms with Gasteiger partial charge in [0.05, 0.1) is 7.11 Å². The summed E-state index contributed by atoms with van der Waals surface area (Å²) in [7, 11) is 1.54. The lowest BCUT2D eigenvalue weighted by Crippen LogP contribution is -2.30. The van der Waals surface area contributed by atoms with E-state index in [-0.39, 0.29) is 24.8 Å². The summed E-state index contributed by atoms with van der Waals surface area (Å²) in [6.45, 7) is 0.618. The highest BCUT2D eigenvalue weighted by Crippen LogP contribution is 2.14. The molecule has 0 bridgehead atoms. The van der Waals surface area contributed by atoms with Crippen LogP contribution < -0.4 is 15.4 Å². The number of rotatable bonds is 7. The van der Waals surface area contributed by atoms with Gasteiger partial charge in [-0.2, -0.15) is 0 Å². The van der Waals surface area contributed by atoms with Crippen LogP contribution in [0.1, 0.15) is 22.3 Å². The summed E-state index contributed by atoms with van der Waals surface area (Å²) in [5.74, 6) is 0.216. The zero-order chi connectivity index (χ0) is 17.4. The lowest BCUT2D eigenvalue weighted by Gasteiger charge is -2.08. The van der Waals surface area contributed by atoms with Crippen LogP contribution in [-0.2, 0) is 11.3 Å². The van der Waals surface area contributed by atoms with Crippen LogP contribution in [0, 0.1) is 0 Å². The Bertz CT molecular complexity index is 719. The molecule has 0 aliphatic heterocycles. The Morgan fingerprint density at radius 3 is 2.62 bits per heavy atom. The van der Waals surface area contributed by atoms with Gasteiger partial charge in [-0.1, -0.05) is 35.9 Å². The third kappa shape index (κ3) is 5.28. The topological polar surface area (TPSA) is 67.4 Å². The second-order valence-electron chi connectivity index (χ2n) is 5.11. The Kier molecular flexibility index (Phi) is 6.63. The Morgan fingerprint density at radius 1 is 1.08 bits per heavy atom. The molecule has 2 aromatic rings. The summed E-state index contributed by atoms with van der Waals surface area (Å²) in [4.78, 5) is 23.8. The lowest BCUT2D eigenvalue weighted by atomic mass is 10.2. The van der Waals surface area contributed by atoms with Crippen molar-refractivity contribution in [2.24, 2.45) is 0 Å². The minimum atomic E-state index is -0.243. The molecule has 2 N–H and O–H groups in total. The molecular formula is C18H19ClN2O3. The highest BCUT2D eigenvalue weighted by Gasteiger charge is 2.08. The average Bonchev–Trinajstić information content (AvgIpc) is 2.61. The number of amides is 2. The van der Waals surface area contributed by atoms with E-state index in [4.69, 9.17) is 16.3 Å². The maximum atomic E-state index is 12.0. The highest BCUT2D eigenvalue weighted by atomic mass is 35.5. The molecule has 0 aliphatic rings. The number of benzene rings is 2. The fourth-order valence-electron chi connectivity index (χ4n) is 2.08. The molecule has 0 aliphatic carbocycles. The lowest BCUT2D eigenvalue weighted by molar-refractivity contribution is -0.121. The Hall–Kier alpha value is -2.53. The van der Waals surface area contributed by atoms with Crippen LogP contribution in [0.4, 0.5) is 0 Å². The predicted molar refractivity (Wildman–Crippen MR) is 93.2 cm³/mol. The second-order valence-corrected chi connectivity index (χ2v) is 5.51. The Morgan fingerprint density at radius 2 is 1.88 bits per heavy atom. The summed E-state index contributed by atoms with van der Waals surface area (Å²) in [5.41, 5.74) is 1.35. The van der Waals surface area contributed by atoms with Crippen LogP contribution >= 0.6 is 11.6 Å². The van der Waals surface area contributed by atoms with Gasteiger partial charge in [0.25, 0.3) is 5.91 Å². The smallest absolute Gasteiger partial charge is 0.251 e. The molecule has 0 saturated carbocycles. The van der Waals surface area contributed by atoms with Crippen molar-refractivity contribution >= 4 is 23.4 Å². The fraction of sp³-hybridized carbons (Fsp3) is 0.222. The fourth-order valence-corrected chi connectivity index (χ4v) is 2.28. The van der Waals surface area contributed by atoms with E-state index in [0.29, 0.717) is 22.9 Å². The van der Waals surface area contributed by atoms with Gasteiger partial charge in [-0.15, -0.1) is 0 Å². The first-order chi connectivity index (χ1) is 11.6. The van der Waals surface area contributed by atoms with E-state index in [1.54, 1.807) is 37.4 Å². The minimum Gasteiger partial charge on any atom is -0.497 e. The summed E-state index contributed by atoms with van der Waals surface area (Å²) >= 11 is 6.03. The molecule has 126 valence electrons. The van der Waals surface area contributed by atoms with Gasteiger partial charge in [-0.25, -0.2) is 0 Å². The quantitative estimate of drug-likeness (QED) is 0.810. The van der Waals surface area contributed by atoms with Gasteiger partial charge in [0.2, 0.25) is 5.91 Å². The molecule has 0 aromatic heterocycles. The van der Waals surface area contributed by atoms with Crippen molar-refractivity contribution in [3.05, 3.63) is 64.7 Å². The first-order valence-corrected chi connectivity index (χ1v) is 7.90. The van der Waals surface area contributed by atoms with Crippen molar-refractivity contribution in [3.8, 4) is 5.75 Å². The largest absolute Gasteiger partial charge is 0.497 e. The molecule has 0 heterocycles. The van der Waals surface area contributed by atoms with E-state index in [9.17, 15) is 9.59 Å². The van der Waals surface area contributed by atoms with Gasteiger partial charge in [-0.3, -0.25) is 9.59 Å². The predicted octanol–water partition coefficient (Wildman–Crippen LogP) is 2.78. The number of halogens is 1. The Labute approximate surface area is 146 Å². The number of nitrogens with one attached hydrogen (secondary N) is 2. The second kappa shape index (κ2) is 8.93. The van der Waals surface area contributed by atoms with Crippen LogP contribution in [0.25, 0.3) is 0 Å². The van der Waals surface area contributed by atoms with E-state index in [1.807, 2.05) is 18.2 Å². The molecule has 5 nitrogen and oxygen atoms in total. The number of ether oxygens (including phenoxy) is 1. The maximum absolute atomic E-state index is 12.0. The molecule has 0 fully saturated rings. The number of carbonyl (C=O) groups excluding carboxylic acids is 2. The number of carbonyl (C=O) groups is 2. The van der Waals surface area contributed by atoms with Gasteiger partial charge in [0.1, 0.15) is 5.75 Å². The normalized spacial score (nSPS) is 10.1. The SMILES string of the molecule is COc1cccc(C(=O)NCCC(=O)NCc2ccccc2Cl)c1. The Balaban J connectivity index is 1.74. The molecule has 24 heavy (non-hydrogen) atoms.